The molecule has 0 bridgehead atoms. The summed E-state index contributed by atoms with van der Waals surface area (Å²) in [6.07, 6.45) is 1.45. The maximum atomic E-state index is 13.2. The number of rotatable bonds is 6. The van der Waals surface area contributed by atoms with Crippen molar-refractivity contribution in [3.05, 3.63) is 92.1 Å². The minimum atomic E-state index is -0.779. The van der Waals surface area contributed by atoms with E-state index in [4.69, 9.17) is 9.47 Å². The topological polar surface area (TPSA) is 84.9 Å². The molecule has 0 aliphatic carbocycles. The van der Waals surface area contributed by atoms with Gasteiger partial charge in [0, 0.05) is 0 Å². The van der Waals surface area contributed by atoms with Crippen LogP contribution in [0, 0.1) is 17.4 Å². The second kappa shape index (κ2) is 10.3. The highest BCUT2D eigenvalue weighted by molar-refractivity contribution is 14.1. The van der Waals surface area contributed by atoms with Crippen molar-refractivity contribution < 1.29 is 23.9 Å². The molecule has 4 amide bonds. The van der Waals surface area contributed by atoms with Gasteiger partial charge in [0.25, 0.3) is 11.8 Å². The lowest BCUT2D eigenvalue weighted by Crippen LogP contribution is -2.54. The number of carbonyl (C=O) groups excluding carboxylic acids is 3. The number of para-hydroxylation sites is 1. The summed E-state index contributed by atoms with van der Waals surface area (Å²) in [6.45, 7) is 4.17. The van der Waals surface area contributed by atoms with E-state index in [1.165, 1.54) is 13.2 Å². The van der Waals surface area contributed by atoms with Crippen LogP contribution in [0.2, 0.25) is 0 Å². The maximum absolute atomic E-state index is 13.2. The summed E-state index contributed by atoms with van der Waals surface area (Å²) in [5, 5.41) is 2.25. The number of nitrogens with zero attached hydrogens (tertiary/aromatic N) is 1. The average molecular weight is 582 g/mol. The highest BCUT2D eigenvalue weighted by Crippen LogP contribution is 2.35. The predicted molar refractivity (Wildman–Crippen MR) is 141 cm³/mol. The highest BCUT2D eigenvalue weighted by Gasteiger charge is 2.37. The molecule has 0 unspecified atom stereocenters. The molecule has 1 heterocycles. The summed E-state index contributed by atoms with van der Waals surface area (Å²) >= 11 is 2.13. The maximum Gasteiger partial charge on any atom is 0.335 e. The molecule has 8 heteroatoms. The van der Waals surface area contributed by atoms with Crippen LogP contribution in [0.5, 0.6) is 11.5 Å². The zero-order valence-electron chi connectivity index (χ0n) is 19.4. The second-order valence-electron chi connectivity index (χ2n) is 8.06. The molecule has 1 aliphatic rings. The third-order valence-electron chi connectivity index (χ3n) is 5.49. The molecule has 4 rings (SSSR count). The summed E-state index contributed by atoms with van der Waals surface area (Å²) in [4.78, 5) is 39.2. The minimum absolute atomic E-state index is 0.154. The first-order valence-electron chi connectivity index (χ1n) is 10.8. The molecule has 0 atom stereocenters. The van der Waals surface area contributed by atoms with Crippen LogP contribution in [0.25, 0.3) is 6.08 Å². The zero-order valence-corrected chi connectivity index (χ0v) is 21.6. The molecule has 0 spiro atoms. The SMILES string of the molecule is COc1cc(/C=C2\C(=O)NC(=O)N(c3ccccc3C)C2=O)cc(I)c1OCc1cccc(C)c1. The smallest absolute Gasteiger partial charge is 0.335 e. The Morgan fingerprint density at radius 1 is 1.00 bits per heavy atom. The number of hydrogen-bond acceptors (Lipinski definition) is 5. The average Bonchev–Trinajstić information content (AvgIpc) is 2.82. The van der Waals surface area contributed by atoms with Crippen LogP contribution in [-0.4, -0.2) is 25.0 Å². The molecule has 1 fully saturated rings. The van der Waals surface area contributed by atoms with Crippen molar-refractivity contribution in [2.75, 3.05) is 12.0 Å². The number of methoxy groups -OCH3 is 1. The van der Waals surface area contributed by atoms with E-state index in [2.05, 4.69) is 27.9 Å². The highest BCUT2D eigenvalue weighted by atomic mass is 127. The molecule has 0 saturated carbocycles. The molecule has 1 saturated heterocycles. The van der Waals surface area contributed by atoms with Gasteiger partial charge in [0.05, 0.1) is 16.4 Å². The van der Waals surface area contributed by atoms with E-state index in [0.717, 1.165) is 25.2 Å². The number of anilines is 1. The van der Waals surface area contributed by atoms with E-state index in [1.807, 2.05) is 37.3 Å². The quantitative estimate of drug-likeness (QED) is 0.247. The fourth-order valence-corrected chi connectivity index (χ4v) is 4.56. The molecule has 1 aliphatic heterocycles. The monoisotopic (exact) mass is 582 g/mol. The Morgan fingerprint density at radius 3 is 2.49 bits per heavy atom. The predicted octanol–water partition coefficient (Wildman–Crippen LogP) is 5.16. The fourth-order valence-electron chi connectivity index (χ4n) is 3.78. The number of carbonyl (C=O) groups is 3. The number of nitrogens with one attached hydrogen (secondary N) is 1. The summed E-state index contributed by atoms with van der Waals surface area (Å²) < 4.78 is 12.3. The molecule has 3 aromatic rings. The van der Waals surface area contributed by atoms with Crippen LogP contribution in [-0.2, 0) is 16.2 Å². The van der Waals surface area contributed by atoms with Crippen LogP contribution in [0.4, 0.5) is 10.5 Å². The molecule has 35 heavy (non-hydrogen) atoms. The van der Waals surface area contributed by atoms with Gasteiger partial charge in [-0.25, -0.2) is 9.69 Å². The van der Waals surface area contributed by atoms with Crippen LogP contribution in [0.3, 0.4) is 0 Å². The normalized spacial score (nSPS) is 14.8. The molecule has 7 nitrogen and oxygen atoms in total. The number of urea groups is 1. The molecule has 0 radical (unpaired) electrons. The van der Waals surface area contributed by atoms with Gasteiger partial charge >= 0.3 is 6.03 Å². The third-order valence-corrected chi connectivity index (χ3v) is 6.29. The minimum Gasteiger partial charge on any atom is -0.493 e. The number of aryl methyl sites for hydroxylation is 2. The van der Waals surface area contributed by atoms with Gasteiger partial charge in [-0.2, -0.15) is 0 Å². The Hall–Kier alpha value is -3.66. The molecule has 1 N–H and O–H groups in total. The number of hydrogen-bond donors (Lipinski definition) is 1. The first-order valence-corrected chi connectivity index (χ1v) is 11.9. The number of ether oxygens (including phenoxy) is 2. The van der Waals surface area contributed by atoms with Crippen molar-refractivity contribution in [2.24, 2.45) is 0 Å². The Balaban J connectivity index is 1.65. The van der Waals surface area contributed by atoms with Gasteiger partial charge in [-0.3, -0.25) is 14.9 Å². The van der Waals surface area contributed by atoms with Crippen molar-refractivity contribution in [3.63, 3.8) is 0 Å². The summed E-state index contributed by atoms with van der Waals surface area (Å²) in [6, 6.07) is 17.7. The molecule has 178 valence electrons. The van der Waals surface area contributed by atoms with Gasteiger partial charge in [0.15, 0.2) is 11.5 Å². The Labute approximate surface area is 216 Å². The Bertz CT molecular complexity index is 1370. The van der Waals surface area contributed by atoms with Crippen LogP contribution < -0.4 is 19.7 Å². The van der Waals surface area contributed by atoms with Gasteiger partial charge in [0.2, 0.25) is 0 Å². The van der Waals surface area contributed by atoms with E-state index in [1.54, 1.807) is 37.3 Å². The van der Waals surface area contributed by atoms with E-state index >= 15 is 0 Å². The molecule has 0 aromatic heterocycles. The zero-order chi connectivity index (χ0) is 25.1. The second-order valence-corrected chi connectivity index (χ2v) is 9.22. The van der Waals surface area contributed by atoms with Gasteiger partial charge < -0.3 is 9.47 Å². The van der Waals surface area contributed by atoms with Crippen molar-refractivity contribution in [1.29, 1.82) is 0 Å². The summed E-state index contributed by atoms with van der Waals surface area (Å²) in [5.74, 6) is -0.416. The van der Waals surface area contributed by atoms with Gasteiger partial charge in [-0.15, -0.1) is 0 Å². The molecular formula is C27H23IN2O5. The third kappa shape index (κ3) is 5.22. The number of imide groups is 2. The van der Waals surface area contributed by atoms with Crippen molar-refractivity contribution in [1.82, 2.24) is 5.32 Å². The number of barbiturate groups is 1. The summed E-state index contributed by atoms with van der Waals surface area (Å²) in [7, 11) is 1.53. The van der Waals surface area contributed by atoms with Gasteiger partial charge in [0.1, 0.15) is 12.2 Å². The van der Waals surface area contributed by atoms with Gasteiger partial charge in [-0.1, -0.05) is 48.0 Å². The van der Waals surface area contributed by atoms with Crippen molar-refractivity contribution in [3.8, 4) is 11.5 Å². The van der Waals surface area contributed by atoms with Gasteiger partial charge in [-0.05, 0) is 77.4 Å². The van der Waals surface area contributed by atoms with E-state index < -0.39 is 17.8 Å². The number of amides is 4. The first kappa shape index (κ1) is 24.5. The van der Waals surface area contributed by atoms with Crippen LogP contribution in [0.1, 0.15) is 22.3 Å². The number of benzene rings is 3. The largest absolute Gasteiger partial charge is 0.493 e. The fraction of sp³-hybridized carbons (Fsp3) is 0.148. The van der Waals surface area contributed by atoms with E-state index in [9.17, 15) is 14.4 Å². The van der Waals surface area contributed by atoms with Crippen molar-refractivity contribution >= 4 is 52.2 Å². The standard InChI is InChI=1S/C27H23IN2O5/c1-16-7-6-9-18(11-16)15-35-24-21(28)13-19(14-23(24)34-3)12-20-25(31)29-27(33)30(26(20)32)22-10-5-4-8-17(22)2/h4-14H,15H2,1-3H3,(H,29,31,33)/b20-12+. The lowest BCUT2D eigenvalue weighted by molar-refractivity contribution is -0.122. The summed E-state index contributed by atoms with van der Waals surface area (Å²) in [5.41, 5.74) is 3.73. The van der Waals surface area contributed by atoms with E-state index in [0.29, 0.717) is 29.4 Å². The Morgan fingerprint density at radius 2 is 1.77 bits per heavy atom. The first-order chi connectivity index (χ1) is 16.8. The molecule has 3 aromatic carbocycles. The van der Waals surface area contributed by atoms with Crippen molar-refractivity contribution in [2.45, 2.75) is 20.5 Å². The number of halogens is 1. The lowest BCUT2D eigenvalue weighted by atomic mass is 10.1. The van der Waals surface area contributed by atoms with E-state index in [-0.39, 0.29) is 5.57 Å². The molecular weight excluding hydrogens is 559 g/mol. The Kier molecular flexibility index (Phi) is 7.20. The lowest BCUT2D eigenvalue weighted by Gasteiger charge is -2.27. The van der Waals surface area contributed by atoms with Crippen LogP contribution >= 0.6 is 22.6 Å². The van der Waals surface area contributed by atoms with Crippen LogP contribution in [0.15, 0.2) is 66.2 Å².